The molecule has 0 aromatic carbocycles. The maximum Gasteiger partial charge on any atom is 0.329 e. The van der Waals surface area contributed by atoms with E-state index in [1.54, 1.807) is 41.1 Å². The monoisotopic (exact) mass is 942 g/mol. The van der Waals surface area contributed by atoms with Crippen molar-refractivity contribution in [2.24, 2.45) is 35.5 Å². The summed E-state index contributed by atoms with van der Waals surface area (Å²) >= 11 is 0. The van der Waals surface area contributed by atoms with Gasteiger partial charge in [0, 0.05) is 58.5 Å². The summed E-state index contributed by atoms with van der Waals surface area (Å²) < 4.78 is 34.8. The van der Waals surface area contributed by atoms with Crippen LogP contribution in [-0.4, -0.2) is 133 Å². The lowest BCUT2D eigenvalue weighted by molar-refractivity contribution is -0.265. The molecule has 67 heavy (non-hydrogen) atoms. The number of aliphatic hydroxyl groups is 2. The molecule has 376 valence electrons. The molecule has 15 atom stereocenters. The van der Waals surface area contributed by atoms with Crippen LogP contribution in [0.3, 0.4) is 0 Å². The zero-order valence-corrected chi connectivity index (χ0v) is 41.6. The van der Waals surface area contributed by atoms with Crippen molar-refractivity contribution in [1.29, 1.82) is 0 Å². The number of ketones is 3. The van der Waals surface area contributed by atoms with Crippen molar-refractivity contribution in [2.45, 2.75) is 180 Å². The maximum atomic E-state index is 14.4. The van der Waals surface area contributed by atoms with E-state index in [0.717, 1.165) is 5.57 Å². The number of esters is 1. The molecule has 0 aromatic rings. The van der Waals surface area contributed by atoms with Gasteiger partial charge < -0.3 is 43.5 Å². The molecule has 4 aliphatic rings. The number of fused-ring (bicyclic) bond motifs is 3. The van der Waals surface area contributed by atoms with Gasteiger partial charge >= 0.3 is 5.97 Å². The van der Waals surface area contributed by atoms with Crippen LogP contribution in [0.5, 0.6) is 0 Å². The molecule has 2 saturated heterocycles. The van der Waals surface area contributed by atoms with Gasteiger partial charge in [-0.2, -0.15) is 0 Å². The number of rotatable bonds is 8. The molecule has 0 spiro atoms. The Morgan fingerprint density at radius 2 is 1.60 bits per heavy atom. The molecule has 2 N–H and O–H groups in total. The SMILES string of the molecule is CO[C@H]1C[C@@H]2CC[C@@H](C)[C@@](O)(O2)C(=O)C(=O)N2CCCC[C@H]2C(=O)O[C@H]([C@H](C)CC2CC[C@@H](OC=O)[C@H](OC)C2)CC(=O)[C@H](C)C=C(C)[C@@H](O)[C@@H](OC)C(=O)[C@H](C)C[C@H](C)C=CC=CC=C1C. The molecule has 0 aromatic heterocycles. The van der Waals surface area contributed by atoms with E-state index in [2.05, 4.69) is 0 Å². The lowest BCUT2D eigenvalue weighted by Gasteiger charge is -2.42. The fourth-order valence-corrected chi connectivity index (χ4v) is 10.3. The maximum absolute atomic E-state index is 14.4. The number of Topliss-reactive ketones (excluding diaryl/α,β-unsaturated/α-hetero) is 3. The minimum atomic E-state index is -2.44. The molecular formula is C52H79NO14. The summed E-state index contributed by atoms with van der Waals surface area (Å²) in [5, 5.41) is 23.4. The summed E-state index contributed by atoms with van der Waals surface area (Å²) in [5.41, 5.74) is 1.25. The highest BCUT2D eigenvalue weighted by Crippen LogP contribution is 2.38. The van der Waals surface area contributed by atoms with Gasteiger partial charge in [-0.05, 0) is 107 Å². The molecule has 4 rings (SSSR count). The van der Waals surface area contributed by atoms with Gasteiger partial charge in [0.05, 0.1) is 18.3 Å². The van der Waals surface area contributed by atoms with Crippen LogP contribution in [-0.2, 0) is 57.2 Å². The first-order valence-corrected chi connectivity index (χ1v) is 24.4. The van der Waals surface area contributed by atoms with Crippen LogP contribution < -0.4 is 0 Å². The molecule has 3 aliphatic heterocycles. The molecule has 1 amide bonds. The van der Waals surface area contributed by atoms with Crippen LogP contribution in [0.4, 0.5) is 0 Å². The van der Waals surface area contributed by atoms with Gasteiger partial charge in [-0.25, -0.2) is 4.79 Å². The van der Waals surface area contributed by atoms with Gasteiger partial charge in [0.15, 0.2) is 5.78 Å². The van der Waals surface area contributed by atoms with E-state index < -0.39 is 77.8 Å². The summed E-state index contributed by atoms with van der Waals surface area (Å²) in [6.45, 7) is 13.1. The van der Waals surface area contributed by atoms with Crippen LogP contribution >= 0.6 is 0 Å². The summed E-state index contributed by atoms with van der Waals surface area (Å²) in [6, 6.07) is -1.16. The summed E-state index contributed by atoms with van der Waals surface area (Å²) in [5.74, 6) is -8.14. The molecule has 0 radical (unpaired) electrons. The van der Waals surface area contributed by atoms with Crippen molar-refractivity contribution in [2.75, 3.05) is 27.9 Å². The normalized spacial score (nSPS) is 36.9. The van der Waals surface area contributed by atoms with Crippen LogP contribution in [0.2, 0.25) is 0 Å². The average molecular weight is 942 g/mol. The van der Waals surface area contributed by atoms with Crippen molar-refractivity contribution in [3.8, 4) is 0 Å². The number of cyclic esters (lactones) is 1. The Labute approximate surface area is 398 Å². The van der Waals surface area contributed by atoms with Gasteiger partial charge in [-0.1, -0.05) is 71.1 Å². The van der Waals surface area contributed by atoms with Crippen LogP contribution in [0, 0.1) is 35.5 Å². The quantitative estimate of drug-likeness (QED) is 0.118. The van der Waals surface area contributed by atoms with Crippen molar-refractivity contribution in [3.63, 3.8) is 0 Å². The van der Waals surface area contributed by atoms with Crippen LogP contribution in [0.15, 0.2) is 47.6 Å². The second-order valence-electron chi connectivity index (χ2n) is 19.8. The van der Waals surface area contributed by atoms with Crippen molar-refractivity contribution in [1.82, 2.24) is 4.90 Å². The van der Waals surface area contributed by atoms with Gasteiger partial charge in [-0.15, -0.1) is 0 Å². The van der Waals surface area contributed by atoms with Crippen molar-refractivity contribution < 1.29 is 67.4 Å². The second kappa shape index (κ2) is 26.2. The van der Waals surface area contributed by atoms with E-state index in [4.69, 9.17) is 28.4 Å². The standard InChI is InChI=1S/C52H79NO14/c1-31-16-12-11-13-17-32(2)43(62-8)28-39-21-19-37(7)52(61,67-39)49(58)50(59)53-23-15-14-18-40(53)51(60)66-44(34(4)26-38-20-22-42(65-30-54)45(27-38)63-9)29-41(55)33(3)25-36(6)47(57)48(64-10)46(56)35(5)24-31/h11-13,16-17,25,30-31,33-35,37-40,42-45,47-48,57,61H,14-15,18-24,26-29H2,1-10H3/t31-,33-,34-,35-,37-,38?,39+,40+,42-,43+,44+,45-,47-,48+,52-/m1/s1. The van der Waals surface area contributed by atoms with E-state index in [1.165, 1.54) is 12.0 Å². The Bertz CT molecular complexity index is 1820. The number of piperidine rings is 1. The highest BCUT2D eigenvalue weighted by molar-refractivity contribution is 6.39. The smallest absolute Gasteiger partial charge is 0.329 e. The zero-order valence-electron chi connectivity index (χ0n) is 41.6. The second-order valence-corrected chi connectivity index (χ2v) is 19.8. The number of carbonyl (C=O) groups excluding carboxylic acids is 6. The summed E-state index contributed by atoms with van der Waals surface area (Å²) in [4.78, 5) is 83.1. The Morgan fingerprint density at radius 1 is 0.866 bits per heavy atom. The number of hydrogen-bond acceptors (Lipinski definition) is 14. The Hall–Kier alpha value is -3.86. The number of ether oxygens (including phenoxy) is 6. The average Bonchev–Trinajstić information content (AvgIpc) is 3.30. The third-order valence-electron chi connectivity index (χ3n) is 14.7. The van der Waals surface area contributed by atoms with Gasteiger partial charge in [-0.3, -0.25) is 24.0 Å². The van der Waals surface area contributed by atoms with Crippen LogP contribution in [0.1, 0.15) is 126 Å². The number of nitrogens with zero attached hydrogens (tertiary/aromatic N) is 1. The lowest BCUT2D eigenvalue weighted by Crippen LogP contribution is -2.61. The molecule has 1 aliphatic carbocycles. The molecule has 15 nitrogen and oxygen atoms in total. The van der Waals surface area contributed by atoms with E-state index in [1.807, 2.05) is 58.1 Å². The van der Waals surface area contributed by atoms with E-state index in [0.29, 0.717) is 76.3 Å². The molecular weight excluding hydrogens is 863 g/mol. The number of hydrogen-bond donors (Lipinski definition) is 2. The fraction of sp³-hybridized carbons (Fsp3) is 0.731. The number of amides is 1. The predicted molar refractivity (Wildman–Crippen MR) is 250 cm³/mol. The third kappa shape index (κ3) is 14.8. The van der Waals surface area contributed by atoms with E-state index >= 15 is 0 Å². The Kier molecular flexibility index (Phi) is 21.8. The van der Waals surface area contributed by atoms with E-state index in [-0.39, 0.29) is 60.9 Å². The largest absolute Gasteiger partial charge is 0.462 e. The number of methoxy groups -OCH3 is 3. The Morgan fingerprint density at radius 3 is 2.27 bits per heavy atom. The highest BCUT2D eigenvalue weighted by atomic mass is 16.6. The Balaban J connectivity index is 1.70. The fourth-order valence-electron chi connectivity index (χ4n) is 10.3. The summed E-state index contributed by atoms with van der Waals surface area (Å²) in [6.07, 6.45) is 11.2. The topological polar surface area (TPSA) is 201 Å². The first-order chi connectivity index (χ1) is 31.8. The minimum absolute atomic E-state index is 0.0117. The van der Waals surface area contributed by atoms with Crippen molar-refractivity contribution in [3.05, 3.63) is 47.6 Å². The highest BCUT2D eigenvalue weighted by Gasteiger charge is 2.53. The number of aliphatic hydroxyl groups excluding tert-OH is 1. The van der Waals surface area contributed by atoms with Gasteiger partial charge in [0.2, 0.25) is 5.79 Å². The zero-order chi connectivity index (χ0) is 49.6. The number of allylic oxidation sites excluding steroid dienone is 6. The van der Waals surface area contributed by atoms with Gasteiger partial charge in [0.1, 0.15) is 36.2 Å². The predicted octanol–water partition coefficient (Wildman–Crippen LogP) is 6.36. The van der Waals surface area contributed by atoms with E-state index in [9.17, 15) is 39.0 Å². The molecule has 15 heteroatoms. The molecule has 1 saturated carbocycles. The molecule has 1 unspecified atom stereocenters. The van der Waals surface area contributed by atoms with Gasteiger partial charge in [0.25, 0.3) is 18.2 Å². The number of carbonyl (C=O) groups is 6. The van der Waals surface area contributed by atoms with Crippen molar-refractivity contribution >= 4 is 35.7 Å². The lowest BCUT2D eigenvalue weighted by atomic mass is 9.78. The molecule has 2 bridgehead atoms. The minimum Gasteiger partial charge on any atom is -0.462 e. The van der Waals surface area contributed by atoms with Crippen LogP contribution in [0.25, 0.3) is 0 Å². The summed E-state index contributed by atoms with van der Waals surface area (Å²) in [7, 11) is 4.51. The first-order valence-electron chi connectivity index (χ1n) is 24.4. The molecule has 3 heterocycles. The first kappa shape index (κ1) is 55.7. The third-order valence-corrected chi connectivity index (χ3v) is 14.7. The molecule has 3 fully saturated rings.